The SMILES string of the molecule is N/C(Cc1ccccc1)=N\OCC(=O)NCCC(c1ccccc1)c1ccccc1. The smallest absolute Gasteiger partial charge is 0.260 e. The van der Waals surface area contributed by atoms with Crippen LogP contribution >= 0.6 is 0 Å². The number of rotatable bonds is 10. The minimum Gasteiger partial charge on any atom is -0.384 e. The predicted octanol–water partition coefficient (Wildman–Crippen LogP) is 3.86. The Morgan fingerprint density at radius 1 is 0.867 bits per heavy atom. The number of nitrogens with one attached hydrogen (secondary N) is 1. The molecule has 0 aliphatic heterocycles. The second kappa shape index (κ2) is 11.4. The van der Waals surface area contributed by atoms with Crippen LogP contribution in [-0.2, 0) is 16.1 Å². The number of nitrogens with two attached hydrogens (primary N) is 1. The van der Waals surface area contributed by atoms with E-state index in [0.717, 1.165) is 12.0 Å². The largest absolute Gasteiger partial charge is 0.384 e. The Labute approximate surface area is 177 Å². The molecule has 3 aromatic rings. The lowest BCUT2D eigenvalue weighted by Gasteiger charge is -2.18. The van der Waals surface area contributed by atoms with Crippen LogP contribution in [0.1, 0.15) is 29.0 Å². The summed E-state index contributed by atoms with van der Waals surface area (Å²) in [5.41, 5.74) is 9.35. The lowest BCUT2D eigenvalue weighted by molar-refractivity contribution is -0.125. The third-order valence-electron chi connectivity index (χ3n) is 4.76. The van der Waals surface area contributed by atoms with Crippen LogP contribution in [0.2, 0.25) is 0 Å². The van der Waals surface area contributed by atoms with Gasteiger partial charge in [-0.25, -0.2) is 0 Å². The van der Waals surface area contributed by atoms with Crippen molar-refractivity contribution in [1.82, 2.24) is 5.32 Å². The van der Waals surface area contributed by atoms with Gasteiger partial charge in [0.1, 0.15) is 5.84 Å². The molecule has 0 saturated heterocycles. The molecule has 3 rings (SSSR count). The molecular weight excluding hydrogens is 374 g/mol. The topological polar surface area (TPSA) is 76.7 Å². The zero-order chi connectivity index (χ0) is 21.0. The van der Waals surface area contributed by atoms with Crippen molar-refractivity contribution in [2.24, 2.45) is 10.9 Å². The van der Waals surface area contributed by atoms with E-state index in [0.29, 0.717) is 18.8 Å². The number of carbonyl (C=O) groups is 1. The number of amidine groups is 1. The van der Waals surface area contributed by atoms with E-state index in [-0.39, 0.29) is 18.4 Å². The van der Waals surface area contributed by atoms with Crippen molar-refractivity contribution in [3.8, 4) is 0 Å². The van der Waals surface area contributed by atoms with Gasteiger partial charge in [-0.2, -0.15) is 0 Å². The molecule has 5 nitrogen and oxygen atoms in total. The Morgan fingerprint density at radius 2 is 1.40 bits per heavy atom. The van der Waals surface area contributed by atoms with Gasteiger partial charge in [-0.15, -0.1) is 0 Å². The fraction of sp³-hybridized carbons (Fsp3) is 0.200. The van der Waals surface area contributed by atoms with E-state index in [1.807, 2.05) is 66.7 Å². The van der Waals surface area contributed by atoms with Gasteiger partial charge in [0.25, 0.3) is 5.91 Å². The first-order chi connectivity index (χ1) is 14.7. The quantitative estimate of drug-likeness (QED) is 0.308. The number of carbonyl (C=O) groups excluding carboxylic acids is 1. The van der Waals surface area contributed by atoms with Crippen LogP contribution in [0.5, 0.6) is 0 Å². The molecule has 3 aromatic carbocycles. The maximum atomic E-state index is 12.1. The molecule has 5 heteroatoms. The Hall–Kier alpha value is -3.60. The molecule has 154 valence electrons. The van der Waals surface area contributed by atoms with Crippen molar-refractivity contribution in [1.29, 1.82) is 0 Å². The number of benzene rings is 3. The van der Waals surface area contributed by atoms with Crippen LogP contribution in [0.4, 0.5) is 0 Å². The number of oxime groups is 1. The van der Waals surface area contributed by atoms with E-state index in [4.69, 9.17) is 10.6 Å². The van der Waals surface area contributed by atoms with E-state index in [1.165, 1.54) is 11.1 Å². The summed E-state index contributed by atoms with van der Waals surface area (Å²) >= 11 is 0. The molecule has 0 bridgehead atoms. The standard InChI is InChI=1S/C25H27N3O2/c26-24(18-20-10-4-1-5-11-20)28-30-19-25(29)27-17-16-23(21-12-6-2-7-13-21)22-14-8-3-9-15-22/h1-15,23H,16-19H2,(H2,26,28)(H,27,29). The molecule has 0 saturated carbocycles. The molecule has 0 spiro atoms. The van der Waals surface area contributed by atoms with Gasteiger partial charge in [0.05, 0.1) is 0 Å². The molecule has 0 aliphatic rings. The molecule has 3 N–H and O–H groups in total. The average Bonchev–Trinajstić information content (AvgIpc) is 2.78. The molecule has 0 aromatic heterocycles. The lowest BCUT2D eigenvalue weighted by atomic mass is 9.88. The second-order valence-electron chi connectivity index (χ2n) is 7.03. The van der Waals surface area contributed by atoms with E-state index >= 15 is 0 Å². The van der Waals surface area contributed by atoms with Crippen molar-refractivity contribution in [3.05, 3.63) is 108 Å². The maximum absolute atomic E-state index is 12.1. The highest BCUT2D eigenvalue weighted by Crippen LogP contribution is 2.27. The van der Waals surface area contributed by atoms with Gasteiger partial charge in [0.15, 0.2) is 6.61 Å². The minimum atomic E-state index is -0.217. The molecule has 0 heterocycles. The summed E-state index contributed by atoms with van der Waals surface area (Å²) in [6.07, 6.45) is 1.28. The van der Waals surface area contributed by atoms with E-state index in [9.17, 15) is 4.79 Å². The van der Waals surface area contributed by atoms with Gasteiger partial charge in [-0.3, -0.25) is 4.79 Å². The van der Waals surface area contributed by atoms with Gasteiger partial charge in [-0.05, 0) is 23.1 Å². The van der Waals surface area contributed by atoms with Crippen molar-refractivity contribution in [3.63, 3.8) is 0 Å². The first-order valence-electron chi connectivity index (χ1n) is 10.1. The van der Waals surface area contributed by atoms with Crippen LogP contribution < -0.4 is 11.1 Å². The Morgan fingerprint density at radius 3 is 1.97 bits per heavy atom. The fourth-order valence-corrected chi connectivity index (χ4v) is 3.31. The summed E-state index contributed by atoms with van der Waals surface area (Å²) < 4.78 is 0. The third kappa shape index (κ3) is 6.78. The first-order valence-corrected chi connectivity index (χ1v) is 10.1. The van der Waals surface area contributed by atoms with Gasteiger partial charge < -0.3 is 15.9 Å². The van der Waals surface area contributed by atoms with Crippen LogP contribution in [0, 0.1) is 0 Å². The predicted molar refractivity (Wildman–Crippen MR) is 120 cm³/mol. The summed E-state index contributed by atoms with van der Waals surface area (Å²) in [6, 6.07) is 30.4. The Balaban J connectivity index is 1.46. The van der Waals surface area contributed by atoms with Gasteiger partial charge in [0.2, 0.25) is 0 Å². The van der Waals surface area contributed by atoms with Crippen LogP contribution in [-0.4, -0.2) is 24.9 Å². The minimum absolute atomic E-state index is 0.156. The Bertz CT molecular complexity index is 889. The fourth-order valence-electron chi connectivity index (χ4n) is 3.31. The van der Waals surface area contributed by atoms with E-state index in [2.05, 4.69) is 34.7 Å². The van der Waals surface area contributed by atoms with Crippen molar-refractivity contribution in [2.45, 2.75) is 18.8 Å². The zero-order valence-electron chi connectivity index (χ0n) is 16.9. The highest BCUT2D eigenvalue weighted by molar-refractivity contribution is 5.82. The van der Waals surface area contributed by atoms with Crippen molar-refractivity contribution in [2.75, 3.05) is 13.2 Å². The summed E-state index contributed by atoms with van der Waals surface area (Å²) in [4.78, 5) is 17.2. The lowest BCUT2D eigenvalue weighted by Crippen LogP contribution is -2.29. The van der Waals surface area contributed by atoms with Crippen LogP contribution in [0.3, 0.4) is 0 Å². The van der Waals surface area contributed by atoms with Gasteiger partial charge in [0, 0.05) is 18.9 Å². The Kier molecular flexibility index (Phi) is 8.03. The summed E-state index contributed by atoms with van der Waals surface area (Å²) in [7, 11) is 0. The third-order valence-corrected chi connectivity index (χ3v) is 4.76. The molecule has 0 fully saturated rings. The average molecular weight is 402 g/mol. The maximum Gasteiger partial charge on any atom is 0.260 e. The summed E-state index contributed by atoms with van der Waals surface area (Å²) in [6.45, 7) is 0.386. The highest BCUT2D eigenvalue weighted by Gasteiger charge is 2.14. The first kappa shape index (κ1) is 21.1. The molecule has 1 amide bonds. The second-order valence-corrected chi connectivity index (χ2v) is 7.03. The van der Waals surface area contributed by atoms with Gasteiger partial charge >= 0.3 is 0 Å². The van der Waals surface area contributed by atoms with Crippen LogP contribution in [0.25, 0.3) is 0 Å². The summed E-state index contributed by atoms with van der Waals surface area (Å²) in [5, 5.41) is 6.73. The van der Waals surface area contributed by atoms with Crippen molar-refractivity contribution >= 4 is 11.7 Å². The number of hydrogen-bond donors (Lipinski definition) is 2. The van der Waals surface area contributed by atoms with E-state index < -0.39 is 0 Å². The molecular formula is C25H27N3O2. The molecule has 0 aliphatic carbocycles. The molecule has 30 heavy (non-hydrogen) atoms. The number of hydrogen-bond acceptors (Lipinski definition) is 3. The number of nitrogens with zero attached hydrogens (tertiary/aromatic N) is 1. The molecule has 0 radical (unpaired) electrons. The monoisotopic (exact) mass is 401 g/mol. The van der Waals surface area contributed by atoms with E-state index in [1.54, 1.807) is 0 Å². The summed E-state index contributed by atoms with van der Waals surface area (Å²) in [5.74, 6) is 0.335. The normalized spacial score (nSPS) is 11.3. The highest BCUT2D eigenvalue weighted by atomic mass is 16.6. The molecule has 0 atom stereocenters. The van der Waals surface area contributed by atoms with Crippen molar-refractivity contribution < 1.29 is 9.63 Å². The zero-order valence-corrected chi connectivity index (χ0v) is 16.9. The molecule has 0 unspecified atom stereocenters. The number of amides is 1. The van der Waals surface area contributed by atoms with Crippen LogP contribution in [0.15, 0.2) is 96.2 Å². The van der Waals surface area contributed by atoms with Gasteiger partial charge in [-0.1, -0.05) is 96.2 Å².